The predicted molar refractivity (Wildman–Crippen MR) is 118 cm³/mol. The van der Waals surface area contributed by atoms with Gasteiger partial charge in [0.2, 0.25) is 0 Å². The van der Waals surface area contributed by atoms with Crippen LogP contribution in [0.15, 0.2) is 23.2 Å². The van der Waals surface area contributed by atoms with E-state index in [0.29, 0.717) is 16.7 Å². The summed E-state index contributed by atoms with van der Waals surface area (Å²) in [5, 5.41) is 3.61. The van der Waals surface area contributed by atoms with Gasteiger partial charge in [-0.1, -0.05) is 25.4 Å². The zero-order chi connectivity index (χ0) is 17.5. The molecule has 7 heteroatoms. The van der Waals surface area contributed by atoms with Crippen molar-refractivity contribution >= 4 is 47.2 Å². The van der Waals surface area contributed by atoms with Crippen LogP contribution < -0.4 is 15.8 Å². The summed E-state index contributed by atoms with van der Waals surface area (Å²) in [6.07, 6.45) is 2.36. The molecule has 142 valence electrons. The molecule has 0 spiro atoms. The molecule has 1 saturated heterocycles. The van der Waals surface area contributed by atoms with E-state index in [1.165, 1.54) is 19.5 Å². The molecule has 1 heterocycles. The van der Waals surface area contributed by atoms with Gasteiger partial charge in [0.25, 0.3) is 0 Å². The number of hydrogen-bond acceptors (Lipinski definition) is 3. The van der Waals surface area contributed by atoms with E-state index in [2.05, 4.69) is 29.1 Å². The maximum atomic E-state index is 6.10. The van der Waals surface area contributed by atoms with E-state index in [-0.39, 0.29) is 24.0 Å². The Bertz CT molecular complexity index is 560. The lowest BCUT2D eigenvalue weighted by Crippen LogP contribution is -2.39. The second-order valence-electron chi connectivity index (χ2n) is 6.80. The normalized spacial score (nSPS) is 21.5. The molecule has 2 atom stereocenters. The molecule has 1 aromatic carbocycles. The number of ether oxygens (including phenoxy) is 1. The van der Waals surface area contributed by atoms with Gasteiger partial charge in [0.05, 0.1) is 12.1 Å². The Labute approximate surface area is 173 Å². The molecule has 2 unspecified atom stereocenters. The van der Waals surface area contributed by atoms with Crippen LogP contribution in [0.3, 0.4) is 0 Å². The molecule has 25 heavy (non-hydrogen) atoms. The van der Waals surface area contributed by atoms with Crippen molar-refractivity contribution in [3.8, 4) is 5.75 Å². The molecule has 0 radical (unpaired) electrons. The Morgan fingerprint density at radius 3 is 2.64 bits per heavy atom. The number of nitrogens with one attached hydrogen (secondary N) is 1. The molecule has 1 aliphatic heterocycles. The summed E-state index contributed by atoms with van der Waals surface area (Å²) >= 11 is 6.10. The highest BCUT2D eigenvalue weighted by molar-refractivity contribution is 14.0. The summed E-state index contributed by atoms with van der Waals surface area (Å²) in [7, 11) is 1.59. The maximum absolute atomic E-state index is 6.10. The van der Waals surface area contributed by atoms with E-state index in [1.54, 1.807) is 19.2 Å². The number of anilines is 1. The average molecular weight is 481 g/mol. The lowest BCUT2D eigenvalue weighted by Gasteiger charge is -2.34. The molecule has 3 N–H and O–H groups in total. The van der Waals surface area contributed by atoms with Gasteiger partial charge in [-0.05, 0) is 49.4 Å². The molecule has 0 aliphatic carbocycles. The van der Waals surface area contributed by atoms with Gasteiger partial charge in [0.1, 0.15) is 5.75 Å². The van der Waals surface area contributed by atoms with Crippen LogP contribution in [-0.4, -0.2) is 44.1 Å². The number of benzene rings is 1. The molecule has 1 aliphatic rings. The van der Waals surface area contributed by atoms with E-state index in [1.807, 2.05) is 6.07 Å². The van der Waals surface area contributed by atoms with Crippen LogP contribution >= 0.6 is 35.6 Å². The van der Waals surface area contributed by atoms with Crippen molar-refractivity contribution in [2.45, 2.75) is 26.7 Å². The monoisotopic (exact) mass is 480 g/mol. The first kappa shape index (κ1) is 22.3. The zero-order valence-electron chi connectivity index (χ0n) is 15.3. The predicted octanol–water partition coefficient (Wildman–Crippen LogP) is 4.06. The van der Waals surface area contributed by atoms with Gasteiger partial charge in [-0.3, -0.25) is 4.99 Å². The fourth-order valence-electron chi connectivity index (χ4n) is 3.40. The minimum absolute atomic E-state index is 0. The number of halogens is 2. The second-order valence-corrected chi connectivity index (χ2v) is 7.21. The Hall–Kier alpha value is -0.730. The van der Waals surface area contributed by atoms with Gasteiger partial charge in [0.15, 0.2) is 5.96 Å². The third kappa shape index (κ3) is 7.58. The summed E-state index contributed by atoms with van der Waals surface area (Å²) in [6, 6.07) is 5.44. The average Bonchev–Trinajstić information content (AvgIpc) is 2.51. The quantitative estimate of drug-likeness (QED) is 0.279. The van der Waals surface area contributed by atoms with Crippen molar-refractivity contribution in [1.82, 2.24) is 4.90 Å². The number of nitrogens with zero attached hydrogens (tertiary/aromatic N) is 2. The Morgan fingerprint density at radius 2 is 2.04 bits per heavy atom. The minimum Gasteiger partial charge on any atom is -0.495 e. The number of aliphatic imine (C=N–C) groups is 1. The topological polar surface area (TPSA) is 62.9 Å². The zero-order valence-corrected chi connectivity index (χ0v) is 18.4. The van der Waals surface area contributed by atoms with Gasteiger partial charge in [-0.15, -0.1) is 24.0 Å². The molecule has 0 aromatic heterocycles. The van der Waals surface area contributed by atoms with E-state index in [9.17, 15) is 0 Å². The molecule has 0 bridgehead atoms. The molecule has 5 nitrogen and oxygen atoms in total. The molecule has 0 saturated carbocycles. The fourth-order valence-corrected chi connectivity index (χ4v) is 3.66. The summed E-state index contributed by atoms with van der Waals surface area (Å²) in [5.41, 5.74) is 6.75. The van der Waals surface area contributed by atoms with Crippen LogP contribution in [0, 0.1) is 11.8 Å². The van der Waals surface area contributed by atoms with Crippen molar-refractivity contribution < 1.29 is 4.74 Å². The summed E-state index contributed by atoms with van der Waals surface area (Å²) in [6.45, 7) is 8.88. The molecule has 1 aromatic rings. The maximum Gasteiger partial charge on any atom is 0.193 e. The van der Waals surface area contributed by atoms with Crippen molar-refractivity contribution in [2.24, 2.45) is 22.6 Å². The Morgan fingerprint density at radius 1 is 1.36 bits per heavy atom. The number of nitrogens with two attached hydrogens (primary N) is 1. The number of hydrogen-bond donors (Lipinski definition) is 2. The van der Waals surface area contributed by atoms with Crippen molar-refractivity contribution in [2.75, 3.05) is 38.6 Å². The van der Waals surface area contributed by atoms with Gasteiger partial charge >= 0.3 is 0 Å². The standard InChI is InChI=1S/C18H29ClN4O.HI/c1-13-9-14(2)12-23(11-13)8-4-7-21-18(20)22-15-5-6-17(24-3)16(19)10-15;/h5-6,10,13-14H,4,7-9,11-12H2,1-3H3,(H3,20,21,22);1H. The minimum atomic E-state index is 0. The van der Waals surface area contributed by atoms with Crippen LogP contribution in [0.1, 0.15) is 26.7 Å². The van der Waals surface area contributed by atoms with Crippen LogP contribution in [0.25, 0.3) is 0 Å². The highest BCUT2D eigenvalue weighted by Gasteiger charge is 2.20. The molecular formula is C18H30ClIN4O. The summed E-state index contributed by atoms with van der Waals surface area (Å²) in [5.74, 6) is 2.65. The largest absolute Gasteiger partial charge is 0.495 e. The number of guanidine groups is 1. The third-order valence-electron chi connectivity index (χ3n) is 4.28. The summed E-state index contributed by atoms with van der Waals surface area (Å²) in [4.78, 5) is 6.94. The SMILES string of the molecule is COc1ccc(NC(N)=NCCCN2CC(C)CC(C)C2)cc1Cl.I. The molecule has 1 fully saturated rings. The summed E-state index contributed by atoms with van der Waals surface area (Å²) < 4.78 is 5.13. The number of rotatable bonds is 6. The van der Waals surface area contributed by atoms with Crippen molar-refractivity contribution in [1.29, 1.82) is 0 Å². The van der Waals surface area contributed by atoms with Crippen LogP contribution in [0.5, 0.6) is 5.75 Å². The smallest absolute Gasteiger partial charge is 0.193 e. The van der Waals surface area contributed by atoms with Gasteiger partial charge < -0.3 is 20.7 Å². The van der Waals surface area contributed by atoms with Crippen molar-refractivity contribution in [3.63, 3.8) is 0 Å². The molecule has 0 amide bonds. The van der Waals surface area contributed by atoms with Crippen LogP contribution in [0.4, 0.5) is 5.69 Å². The molecular weight excluding hydrogens is 451 g/mol. The number of methoxy groups -OCH3 is 1. The highest BCUT2D eigenvalue weighted by atomic mass is 127. The first-order valence-electron chi connectivity index (χ1n) is 8.60. The van der Waals surface area contributed by atoms with Crippen LogP contribution in [-0.2, 0) is 0 Å². The lowest BCUT2D eigenvalue weighted by atomic mass is 9.92. The van der Waals surface area contributed by atoms with Gasteiger partial charge in [0, 0.05) is 25.3 Å². The lowest BCUT2D eigenvalue weighted by molar-refractivity contribution is 0.140. The van der Waals surface area contributed by atoms with Crippen molar-refractivity contribution in [3.05, 3.63) is 23.2 Å². The first-order chi connectivity index (χ1) is 11.5. The van der Waals surface area contributed by atoms with Gasteiger partial charge in [-0.2, -0.15) is 0 Å². The van der Waals surface area contributed by atoms with E-state index in [4.69, 9.17) is 22.1 Å². The van der Waals surface area contributed by atoms with E-state index in [0.717, 1.165) is 37.0 Å². The molecule has 2 rings (SSSR count). The highest BCUT2D eigenvalue weighted by Crippen LogP contribution is 2.27. The van der Waals surface area contributed by atoms with E-state index < -0.39 is 0 Å². The second kappa shape index (κ2) is 11.1. The first-order valence-corrected chi connectivity index (χ1v) is 8.98. The van der Waals surface area contributed by atoms with Crippen LogP contribution in [0.2, 0.25) is 5.02 Å². The fraction of sp³-hybridized carbons (Fsp3) is 0.611. The number of piperidine rings is 1. The number of likely N-dealkylation sites (tertiary alicyclic amines) is 1. The van der Waals surface area contributed by atoms with E-state index >= 15 is 0 Å². The third-order valence-corrected chi connectivity index (χ3v) is 4.58. The van der Waals surface area contributed by atoms with Gasteiger partial charge in [-0.25, -0.2) is 0 Å². The Balaban J connectivity index is 0.00000312. The Kier molecular flexibility index (Phi) is 9.89.